The topological polar surface area (TPSA) is 263 Å². The van der Waals surface area contributed by atoms with E-state index in [9.17, 15) is 14.7 Å². The van der Waals surface area contributed by atoms with E-state index in [1.54, 1.807) is 54.8 Å². The molecule has 0 unspecified atom stereocenters. The maximum Gasteiger partial charge on any atom is 0.500 e. The number of carbonyl (C=O) groups excluding carboxylic acids is 1. The molecule has 0 fully saturated rings. The van der Waals surface area contributed by atoms with Crippen molar-refractivity contribution in [3.8, 4) is 89.0 Å². The molecule has 19 nitrogen and oxygen atoms in total. The van der Waals surface area contributed by atoms with E-state index in [1.165, 1.54) is 0 Å². The highest BCUT2D eigenvalue weighted by Gasteiger charge is 2.38. The molecule has 612 valence electrons. The van der Waals surface area contributed by atoms with Crippen molar-refractivity contribution in [3.05, 3.63) is 336 Å². The summed E-state index contributed by atoms with van der Waals surface area (Å²) in [6.07, 6.45) is 18.2. The van der Waals surface area contributed by atoms with Crippen molar-refractivity contribution < 1.29 is 41.3 Å². The van der Waals surface area contributed by atoms with E-state index < -0.39 is 23.6 Å². The average Bonchev–Trinajstić information content (AvgIpc) is 1.62. The largest absolute Gasteiger partial charge is 0.500 e. The Kier molecular flexibility index (Phi) is 25.4. The van der Waals surface area contributed by atoms with Gasteiger partial charge in [-0.3, -0.25) is 4.79 Å². The Hall–Kier alpha value is -13.9. The Balaban J connectivity index is 0.000000164. The molecule has 4 aliphatic rings. The van der Waals surface area contributed by atoms with Crippen LogP contribution in [0.2, 0.25) is 12.1 Å². The van der Waals surface area contributed by atoms with Crippen LogP contribution in [0.3, 0.4) is 0 Å². The number of nitrogens with one attached hydrogen (secondary N) is 5. The summed E-state index contributed by atoms with van der Waals surface area (Å²) in [5.41, 5.74) is 35.8. The summed E-state index contributed by atoms with van der Waals surface area (Å²) < 4.78 is 32.1. The number of hydrogen-bond donors (Lipinski definition) is 7. The number of H-pyrrole nitrogens is 4. The van der Waals surface area contributed by atoms with Gasteiger partial charge in [-0.1, -0.05) is 206 Å². The second kappa shape index (κ2) is 37.8. The number of benzene rings is 8. The number of carboxylic acids is 1. The lowest BCUT2D eigenvalue weighted by molar-refractivity contribution is 0.0696. The fraction of sp³-hybridized carbons (Fsp3) is 0.118. The Morgan fingerprint density at radius 1 is 0.293 bits per heavy atom. The second-order valence-corrected chi connectivity index (χ2v) is 35.7. The molecule has 4 aliphatic heterocycles. The summed E-state index contributed by atoms with van der Waals surface area (Å²) in [6.45, 7) is 1.10. The number of amides is 1. The summed E-state index contributed by atoms with van der Waals surface area (Å²) in [7, 11) is 4.56. The van der Waals surface area contributed by atoms with Crippen LogP contribution >= 0.6 is 0 Å². The summed E-state index contributed by atoms with van der Waals surface area (Å²) in [6, 6.07) is 95.0. The molecule has 0 aliphatic carbocycles. The predicted octanol–water partition coefficient (Wildman–Crippen LogP) is 22.6. The van der Waals surface area contributed by atoms with Crippen molar-refractivity contribution in [1.29, 1.82) is 0 Å². The van der Waals surface area contributed by atoms with Crippen LogP contribution in [-0.4, -0.2) is 130 Å². The lowest BCUT2D eigenvalue weighted by Crippen LogP contribution is -2.43. The lowest BCUT2D eigenvalue weighted by atomic mass is 10.0. The summed E-state index contributed by atoms with van der Waals surface area (Å²) in [5, 5.41) is 12.7. The highest BCUT2D eigenvalue weighted by Crippen LogP contribution is 2.42. The molecule has 0 spiro atoms. The standard InChI is InChI=1S/C51H45N5O4Si.C45H30N4O2.C6H17NO3Si/c1-58-61(59-2,60-3)33-13-32-52-51(57)38-22-20-37(21-23-38)50-45-30-28-43(55-45)48(35-16-9-5-10-17-35)41-26-24-39(53-41)47(34-14-7-4-8-15-34)40-25-27-42(54-40)49(36-18-11-6-12-19-36)44-29-31-46(50)56-44;50-45(51)32-18-16-31(17-19-32)44-39-26-24-37(48-39)42(29-12-6-2-7-13-29)35-22-20-33(46-35)41(28-10-4-1-5-11-28)34-21-23-36(47-34)43(30-14-8-3-9-15-30)38-25-27-40(44)49-38;1-8-11(9-2,10-3)6-4-5-7/h4-12,14-31,53,56H,13,32-33H2,1-3H3,(H,52,57);1-27,46,49H,(H,50,51);4-7H2,1-3H3. The number of carbonyl (C=O) groups is 2. The summed E-state index contributed by atoms with van der Waals surface area (Å²) >= 11 is 0. The molecule has 16 bridgehead atoms. The van der Waals surface area contributed by atoms with Crippen molar-refractivity contribution in [3.63, 3.8) is 0 Å². The van der Waals surface area contributed by atoms with Gasteiger partial charge >= 0.3 is 23.6 Å². The normalized spacial score (nSPS) is 12.1. The van der Waals surface area contributed by atoms with Crippen LogP contribution in [0.1, 0.15) is 79.1 Å². The molecule has 8 N–H and O–H groups in total. The molecule has 18 rings (SSSR count). The van der Waals surface area contributed by atoms with Gasteiger partial charge in [0, 0.05) is 155 Å². The van der Waals surface area contributed by atoms with Gasteiger partial charge < -0.3 is 62.6 Å². The van der Waals surface area contributed by atoms with Crippen LogP contribution in [0.4, 0.5) is 0 Å². The van der Waals surface area contributed by atoms with Gasteiger partial charge in [-0.15, -0.1) is 0 Å². The first-order chi connectivity index (χ1) is 60.3. The van der Waals surface area contributed by atoms with Crippen molar-refractivity contribution in [2.75, 3.05) is 55.7 Å². The predicted molar refractivity (Wildman–Crippen MR) is 502 cm³/mol. The Morgan fingerprint density at radius 3 is 0.699 bits per heavy atom. The molecule has 0 saturated heterocycles. The zero-order chi connectivity index (χ0) is 84.8. The van der Waals surface area contributed by atoms with Crippen molar-refractivity contribution >= 4 is 122 Å². The van der Waals surface area contributed by atoms with Gasteiger partial charge in [-0.05, 0) is 185 Å². The number of rotatable bonds is 23. The van der Waals surface area contributed by atoms with E-state index in [1.807, 2.05) is 103 Å². The molecule has 0 saturated carbocycles. The minimum absolute atomic E-state index is 0.159. The first kappa shape index (κ1) is 82.7. The molecular formula is C102H92N10O9Si2. The van der Waals surface area contributed by atoms with E-state index in [0.29, 0.717) is 31.1 Å². The highest BCUT2D eigenvalue weighted by atomic mass is 28.4. The van der Waals surface area contributed by atoms with Gasteiger partial charge in [0.1, 0.15) is 0 Å². The summed E-state index contributed by atoms with van der Waals surface area (Å²) in [5.74, 6) is -1.13. The second-order valence-electron chi connectivity index (χ2n) is 29.5. The number of hydrogen-bond acceptors (Lipinski definition) is 13. The van der Waals surface area contributed by atoms with Crippen LogP contribution < -0.4 is 11.1 Å². The Bertz CT molecular complexity index is 6580. The van der Waals surface area contributed by atoms with E-state index in [0.717, 1.165) is 191 Å². The number of nitrogens with zero attached hydrogens (tertiary/aromatic N) is 4. The molecule has 1 amide bonds. The fourth-order valence-corrected chi connectivity index (χ4v) is 19.5. The summed E-state index contributed by atoms with van der Waals surface area (Å²) in [4.78, 5) is 61.6. The third-order valence-electron chi connectivity index (χ3n) is 22.2. The number of aromatic carboxylic acids is 1. The third kappa shape index (κ3) is 17.8. The van der Waals surface area contributed by atoms with E-state index in [2.05, 4.69) is 238 Å². The molecular weight excluding hydrogens is 1570 g/mol. The number of carboxylic acid groups (broad SMARTS) is 1. The zero-order valence-corrected chi connectivity index (χ0v) is 71.0. The molecule has 10 heterocycles. The monoisotopic (exact) mass is 1660 g/mol. The molecule has 6 aromatic heterocycles. The fourth-order valence-electron chi connectivity index (χ4n) is 16.1. The molecule has 14 aromatic rings. The van der Waals surface area contributed by atoms with Crippen molar-refractivity contribution in [2.24, 2.45) is 5.73 Å². The minimum atomic E-state index is -2.72. The highest BCUT2D eigenvalue weighted by molar-refractivity contribution is 6.61. The van der Waals surface area contributed by atoms with Crippen LogP contribution in [0, 0.1) is 0 Å². The maximum atomic E-state index is 13.3. The maximum absolute atomic E-state index is 13.3. The van der Waals surface area contributed by atoms with Gasteiger partial charge in [0.15, 0.2) is 0 Å². The van der Waals surface area contributed by atoms with Crippen molar-refractivity contribution in [1.82, 2.24) is 45.2 Å². The van der Waals surface area contributed by atoms with Crippen LogP contribution in [0.5, 0.6) is 0 Å². The van der Waals surface area contributed by atoms with Crippen LogP contribution in [0.25, 0.3) is 182 Å². The third-order valence-corrected chi connectivity index (χ3v) is 27.9. The van der Waals surface area contributed by atoms with E-state index in [4.69, 9.17) is 52.2 Å². The first-order valence-electron chi connectivity index (χ1n) is 40.7. The molecule has 123 heavy (non-hydrogen) atoms. The molecule has 8 aromatic carbocycles. The van der Waals surface area contributed by atoms with Crippen LogP contribution in [-0.2, 0) is 26.6 Å². The van der Waals surface area contributed by atoms with Gasteiger partial charge in [-0.25, -0.2) is 24.7 Å². The van der Waals surface area contributed by atoms with E-state index >= 15 is 0 Å². The molecule has 0 atom stereocenters. The number of aromatic amines is 4. The zero-order valence-electron chi connectivity index (χ0n) is 69.0. The molecule has 21 heteroatoms. The van der Waals surface area contributed by atoms with Gasteiger partial charge in [-0.2, -0.15) is 0 Å². The van der Waals surface area contributed by atoms with Gasteiger partial charge in [0.25, 0.3) is 5.91 Å². The minimum Gasteiger partial charge on any atom is -0.478 e. The lowest BCUT2D eigenvalue weighted by Gasteiger charge is -2.24. The number of fused-ring (bicyclic) bond motifs is 16. The quantitative estimate of drug-likeness (QED) is 0.0232. The van der Waals surface area contributed by atoms with Gasteiger partial charge in [0.05, 0.1) is 51.1 Å². The number of aromatic nitrogens is 8. The van der Waals surface area contributed by atoms with Gasteiger partial charge in [0.2, 0.25) is 0 Å². The molecule has 0 radical (unpaired) electrons. The van der Waals surface area contributed by atoms with Crippen molar-refractivity contribution in [2.45, 2.75) is 24.9 Å². The first-order valence-corrected chi connectivity index (χ1v) is 44.6. The SMILES string of the molecule is CO[Si](CCCN)(OC)OC.CO[Si](CCCNC(=O)c1ccc(-c2c3nc(c(-c4ccccc4)c4ccc([nH]4)c(-c4ccccc4)c4nc(c(-c5ccccc5)c5ccc2[nH]5)C=C4)C=C3)cc1)(OC)OC.O=C(O)c1ccc(-c2c3nc(c(-c4ccccc4)c4ccc([nH]4)c(-c4ccccc4)c4nc(c(-c5ccccc5)c5ccc2[nH]5)C=C4)C=C3)cc1. The Morgan fingerprint density at radius 2 is 0.496 bits per heavy atom. The average molecular weight is 1660 g/mol. The Labute approximate surface area is 715 Å². The van der Waals surface area contributed by atoms with E-state index in [-0.39, 0.29) is 11.5 Å². The number of nitrogens with two attached hydrogens (primary N) is 1. The van der Waals surface area contributed by atoms with Crippen LogP contribution in [0.15, 0.2) is 279 Å². The smallest absolute Gasteiger partial charge is 0.478 e.